The molecular weight excluding hydrogens is 408 g/mol. The van der Waals surface area contributed by atoms with Crippen molar-refractivity contribution in [3.63, 3.8) is 0 Å². The Balaban J connectivity index is 2.05. The van der Waals surface area contributed by atoms with E-state index in [4.69, 9.17) is 17.3 Å². The lowest BCUT2D eigenvalue weighted by Crippen LogP contribution is -2.30. The van der Waals surface area contributed by atoms with Crippen LogP contribution < -0.4 is 10.5 Å². The van der Waals surface area contributed by atoms with Gasteiger partial charge in [-0.25, -0.2) is 17.9 Å². The highest BCUT2D eigenvalue weighted by Gasteiger charge is 2.23. The summed E-state index contributed by atoms with van der Waals surface area (Å²) in [6.07, 6.45) is 3.46. The molecule has 28 heavy (non-hydrogen) atoms. The van der Waals surface area contributed by atoms with E-state index in [2.05, 4.69) is 9.46 Å². The third-order valence-corrected chi connectivity index (χ3v) is 6.51. The number of rotatable bonds is 8. The van der Waals surface area contributed by atoms with Gasteiger partial charge in [0.2, 0.25) is 10.0 Å². The van der Waals surface area contributed by atoms with E-state index in [1.165, 1.54) is 24.6 Å². The quantitative estimate of drug-likeness (QED) is 0.370. The molecule has 1 saturated carbocycles. The number of benzene rings is 1. The van der Waals surface area contributed by atoms with Gasteiger partial charge in [-0.2, -0.15) is 0 Å². The minimum atomic E-state index is -3.88. The average molecular weight is 431 g/mol. The van der Waals surface area contributed by atoms with Crippen LogP contribution in [0, 0.1) is 5.92 Å². The number of Topliss-reactive ketones (excluding diaryl/α,β-unsaturated/α-hetero) is 1. The number of primary amides is 1. The van der Waals surface area contributed by atoms with Crippen molar-refractivity contribution in [3.05, 3.63) is 28.8 Å². The lowest BCUT2D eigenvalue weighted by Gasteiger charge is -2.21. The van der Waals surface area contributed by atoms with Crippen LogP contribution in [0.4, 0.5) is 4.79 Å². The van der Waals surface area contributed by atoms with Crippen LogP contribution in [0.2, 0.25) is 5.02 Å². The van der Waals surface area contributed by atoms with E-state index in [-0.39, 0.29) is 28.3 Å². The molecule has 0 spiro atoms. The van der Waals surface area contributed by atoms with E-state index in [0.717, 1.165) is 25.7 Å². The number of hydrogen-bond acceptors (Lipinski definition) is 6. The molecule has 1 aromatic carbocycles. The second-order valence-corrected chi connectivity index (χ2v) is 8.86. The van der Waals surface area contributed by atoms with Gasteiger partial charge in [-0.3, -0.25) is 9.59 Å². The number of nitrogens with two attached hydrogens (primary N) is 1. The predicted octanol–water partition coefficient (Wildman–Crippen LogP) is 2.78. The summed E-state index contributed by atoms with van der Waals surface area (Å²) >= 11 is 6.04. The Morgan fingerprint density at radius 1 is 1.14 bits per heavy atom. The number of hydrogen-bond donors (Lipinski definition) is 2. The molecule has 1 aromatic rings. The van der Waals surface area contributed by atoms with Gasteiger partial charge < -0.3 is 10.5 Å². The number of sulfonamides is 1. The van der Waals surface area contributed by atoms with Crippen LogP contribution >= 0.6 is 11.6 Å². The molecule has 0 atom stereocenters. The van der Waals surface area contributed by atoms with E-state index in [9.17, 15) is 22.8 Å². The highest BCUT2D eigenvalue weighted by Crippen LogP contribution is 2.26. The molecule has 1 fully saturated rings. The fourth-order valence-electron chi connectivity index (χ4n) is 3.10. The zero-order valence-electron chi connectivity index (χ0n) is 15.3. The molecule has 1 aliphatic carbocycles. The molecule has 0 saturated heterocycles. The Hall–Kier alpha value is -1.97. The van der Waals surface area contributed by atoms with E-state index in [1.54, 1.807) is 0 Å². The van der Waals surface area contributed by atoms with Gasteiger partial charge in [-0.05, 0) is 37.0 Å². The molecule has 1 aliphatic rings. The zero-order valence-corrected chi connectivity index (χ0v) is 16.9. The van der Waals surface area contributed by atoms with Gasteiger partial charge in [-0.1, -0.05) is 30.9 Å². The van der Waals surface area contributed by atoms with E-state index in [0.29, 0.717) is 12.5 Å². The van der Waals surface area contributed by atoms with Gasteiger partial charge in [-0.15, -0.1) is 0 Å². The van der Waals surface area contributed by atoms with Crippen LogP contribution in [0.25, 0.3) is 0 Å². The third kappa shape index (κ3) is 6.57. The largest absolute Gasteiger partial charge is 0.412 e. The monoisotopic (exact) mass is 430 g/mol. The Bertz CT molecular complexity index is 850. The first-order valence-electron chi connectivity index (χ1n) is 9.01. The molecule has 8 nitrogen and oxygen atoms in total. The fourth-order valence-corrected chi connectivity index (χ4v) is 4.74. The number of carbonyl (C=O) groups excluding carboxylic acids is 3. The van der Waals surface area contributed by atoms with Gasteiger partial charge in [0.15, 0.2) is 5.78 Å². The summed E-state index contributed by atoms with van der Waals surface area (Å²) in [5.74, 6) is -1.12. The van der Waals surface area contributed by atoms with Gasteiger partial charge in [0, 0.05) is 18.5 Å². The molecule has 10 heteroatoms. The van der Waals surface area contributed by atoms with Crippen molar-refractivity contribution in [3.8, 4) is 0 Å². The highest BCUT2D eigenvalue weighted by atomic mass is 35.5. The van der Waals surface area contributed by atoms with Crippen molar-refractivity contribution < 1.29 is 27.5 Å². The first-order chi connectivity index (χ1) is 13.2. The fraction of sp³-hybridized carbons (Fsp3) is 0.500. The molecular formula is C18H23ClN2O6S. The van der Waals surface area contributed by atoms with Crippen LogP contribution in [-0.4, -0.2) is 32.8 Å². The minimum absolute atomic E-state index is 0.000771. The van der Waals surface area contributed by atoms with Gasteiger partial charge in [0.05, 0.1) is 11.4 Å². The molecule has 0 aliphatic heterocycles. The topological polar surface area (TPSA) is 133 Å². The summed E-state index contributed by atoms with van der Waals surface area (Å²) in [6.45, 7) is 0.329. The summed E-state index contributed by atoms with van der Waals surface area (Å²) in [7, 11) is -3.88. The standard InChI is InChI=1S/C18H23ClN2O6S/c19-14-7-6-13(15(22)8-9-17(23)27-18(20)24)10-16(14)28(25,26)21-11-12-4-2-1-3-5-12/h6-7,10,12,21H,1-5,8-9,11H2,(H2,20,24). The molecule has 2 rings (SSSR count). The summed E-state index contributed by atoms with van der Waals surface area (Å²) in [5.41, 5.74) is 4.81. The Morgan fingerprint density at radius 2 is 1.82 bits per heavy atom. The smallest absolute Gasteiger partial charge is 0.376 e. The van der Waals surface area contributed by atoms with Crippen LogP contribution in [-0.2, 0) is 19.6 Å². The average Bonchev–Trinajstić information content (AvgIpc) is 2.65. The number of carbonyl (C=O) groups is 3. The first-order valence-corrected chi connectivity index (χ1v) is 10.9. The number of halogens is 1. The number of nitrogens with one attached hydrogen (secondary N) is 1. The number of ether oxygens (including phenoxy) is 1. The van der Waals surface area contributed by atoms with Crippen molar-refractivity contribution in [2.75, 3.05) is 6.54 Å². The summed E-state index contributed by atoms with van der Waals surface area (Å²) in [5, 5.41) is 0.000771. The van der Waals surface area contributed by atoms with E-state index in [1.807, 2.05) is 0 Å². The Kier molecular flexibility index (Phi) is 7.97. The van der Waals surface area contributed by atoms with Crippen molar-refractivity contribution >= 4 is 39.5 Å². The molecule has 1 amide bonds. The van der Waals surface area contributed by atoms with Crippen LogP contribution in [0.5, 0.6) is 0 Å². The lowest BCUT2D eigenvalue weighted by atomic mass is 9.90. The van der Waals surface area contributed by atoms with Crippen LogP contribution in [0.15, 0.2) is 23.1 Å². The second-order valence-electron chi connectivity index (χ2n) is 6.72. The maximum Gasteiger partial charge on any atom is 0.412 e. The van der Waals surface area contributed by atoms with E-state index >= 15 is 0 Å². The third-order valence-electron chi connectivity index (χ3n) is 4.60. The molecule has 3 N–H and O–H groups in total. The Morgan fingerprint density at radius 3 is 2.46 bits per heavy atom. The molecule has 0 heterocycles. The summed E-state index contributed by atoms with van der Waals surface area (Å²) in [6, 6.07) is 3.89. The SMILES string of the molecule is NC(=O)OC(=O)CCC(=O)c1ccc(Cl)c(S(=O)(=O)NCC2CCCCC2)c1. The minimum Gasteiger partial charge on any atom is -0.376 e. The molecule has 154 valence electrons. The second kappa shape index (κ2) is 9.99. The normalized spacial score (nSPS) is 15.2. The van der Waals surface area contributed by atoms with Crippen molar-refractivity contribution in [2.45, 2.75) is 49.8 Å². The van der Waals surface area contributed by atoms with Gasteiger partial charge in [0.25, 0.3) is 0 Å². The van der Waals surface area contributed by atoms with Crippen LogP contribution in [0.3, 0.4) is 0 Å². The summed E-state index contributed by atoms with van der Waals surface area (Å²) in [4.78, 5) is 33.9. The van der Waals surface area contributed by atoms with Crippen molar-refractivity contribution in [1.82, 2.24) is 4.72 Å². The maximum atomic E-state index is 12.6. The molecule has 0 bridgehead atoms. The van der Waals surface area contributed by atoms with E-state index < -0.39 is 27.9 Å². The summed E-state index contributed by atoms with van der Waals surface area (Å²) < 4.78 is 32.0. The maximum absolute atomic E-state index is 12.6. The Labute approximate surface area is 168 Å². The van der Waals surface area contributed by atoms with Crippen LogP contribution in [0.1, 0.15) is 55.3 Å². The molecule has 0 radical (unpaired) electrons. The number of esters is 1. The number of amides is 1. The van der Waals surface area contributed by atoms with Crippen molar-refractivity contribution in [2.24, 2.45) is 11.7 Å². The molecule has 0 unspecified atom stereocenters. The zero-order chi connectivity index (χ0) is 20.7. The van der Waals surface area contributed by atoms with Crippen molar-refractivity contribution in [1.29, 1.82) is 0 Å². The van der Waals surface area contributed by atoms with Gasteiger partial charge >= 0.3 is 12.1 Å². The lowest BCUT2D eigenvalue weighted by molar-refractivity contribution is -0.137. The predicted molar refractivity (Wildman–Crippen MR) is 102 cm³/mol. The number of ketones is 1. The van der Waals surface area contributed by atoms with Gasteiger partial charge in [0.1, 0.15) is 4.90 Å². The first kappa shape index (κ1) is 22.3. The molecule has 0 aromatic heterocycles. The highest BCUT2D eigenvalue weighted by molar-refractivity contribution is 7.89.